The van der Waals surface area contributed by atoms with E-state index in [1.165, 1.54) is 0 Å². The minimum Gasteiger partial charge on any atom is -0.324 e. The molecule has 1 aromatic carbocycles. The molecule has 0 amide bonds. The van der Waals surface area contributed by atoms with E-state index in [0.717, 1.165) is 12.8 Å². The molecule has 94 valence electrons. The summed E-state index contributed by atoms with van der Waals surface area (Å²) in [5.41, 5.74) is 3.17. The molecule has 0 spiro atoms. The number of nitrogens with one attached hydrogen (secondary N) is 1. The first-order valence-corrected chi connectivity index (χ1v) is 7.08. The molecule has 1 heterocycles. The highest BCUT2D eigenvalue weighted by Crippen LogP contribution is 2.26. The number of rotatable bonds is 3. The topological polar surface area (TPSA) is 75.4 Å². The number of hydrazine groups is 1. The van der Waals surface area contributed by atoms with Gasteiger partial charge in [0.15, 0.2) is 0 Å². The summed E-state index contributed by atoms with van der Waals surface area (Å²) in [7, 11) is -3.35. The van der Waals surface area contributed by atoms with Crippen molar-refractivity contribution in [2.75, 3.05) is 12.0 Å². The highest BCUT2D eigenvalue weighted by molar-refractivity contribution is 7.89. The fourth-order valence-electron chi connectivity index (χ4n) is 2.12. The molecule has 1 fully saturated rings. The van der Waals surface area contributed by atoms with Crippen molar-refractivity contribution in [2.45, 2.75) is 30.7 Å². The molecule has 0 aliphatic carbocycles. The lowest BCUT2D eigenvalue weighted by atomic mass is 10.3. The second-order valence-corrected chi connectivity index (χ2v) is 6.17. The average Bonchev–Trinajstić information content (AvgIpc) is 2.76. The molecule has 1 aromatic rings. The van der Waals surface area contributed by atoms with Crippen LogP contribution in [-0.4, -0.2) is 25.3 Å². The van der Waals surface area contributed by atoms with Crippen molar-refractivity contribution in [1.29, 1.82) is 0 Å². The molecular weight excluding hydrogens is 238 g/mol. The third kappa shape index (κ3) is 2.29. The van der Waals surface area contributed by atoms with Crippen molar-refractivity contribution < 1.29 is 8.42 Å². The number of benzene rings is 1. The quantitative estimate of drug-likeness (QED) is 0.627. The van der Waals surface area contributed by atoms with Crippen LogP contribution in [0.2, 0.25) is 0 Å². The summed E-state index contributed by atoms with van der Waals surface area (Å²) in [6.07, 6.45) is 1.87. The van der Waals surface area contributed by atoms with E-state index in [-0.39, 0.29) is 6.04 Å². The molecule has 0 saturated carbocycles. The zero-order valence-electron chi connectivity index (χ0n) is 9.76. The van der Waals surface area contributed by atoms with E-state index in [0.29, 0.717) is 17.1 Å². The van der Waals surface area contributed by atoms with Crippen molar-refractivity contribution >= 4 is 15.7 Å². The minimum atomic E-state index is -3.35. The smallest absolute Gasteiger partial charge is 0.243 e. The van der Waals surface area contributed by atoms with Crippen molar-refractivity contribution in [3.63, 3.8) is 0 Å². The van der Waals surface area contributed by atoms with E-state index in [2.05, 4.69) is 5.43 Å². The van der Waals surface area contributed by atoms with E-state index >= 15 is 0 Å². The van der Waals surface area contributed by atoms with Gasteiger partial charge in [-0.05, 0) is 44.0 Å². The fraction of sp³-hybridized carbons (Fsp3) is 0.455. The minimum absolute atomic E-state index is 0.0901. The van der Waals surface area contributed by atoms with Crippen molar-refractivity contribution in [1.82, 2.24) is 4.31 Å². The van der Waals surface area contributed by atoms with Gasteiger partial charge in [-0.2, -0.15) is 4.31 Å². The summed E-state index contributed by atoms with van der Waals surface area (Å²) in [6.45, 7) is 2.56. The van der Waals surface area contributed by atoms with Gasteiger partial charge in [0.25, 0.3) is 0 Å². The van der Waals surface area contributed by atoms with Crippen LogP contribution in [0.3, 0.4) is 0 Å². The largest absolute Gasteiger partial charge is 0.324 e. The number of nitrogens with two attached hydrogens (primary N) is 1. The Bertz CT molecular complexity index is 484. The normalized spacial score (nSPS) is 21.6. The van der Waals surface area contributed by atoms with Gasteiger partial charge in [-0.3, -0.25) is 5.84 Å². The standard InChI is InChI=1S/C11H17N3O2S/c1-9-3-2-8-14(9)17(15,16)11-6-4-10(13-12)5-7-11/h4-7,9,13H,2-3,8,12H2,1H3. The maximum atomic E-state index is 12.3. The maximum Gasteiger partial charge on any atom is 0.243 e. The van der Waals surface area contributed by atoms with Gasteiger partial charge in [-0.15, -0.1) is 0 Å². The lowest BCUT2D eigenvalue weighted by Gasteiger charge is -2.20. The van der Waals surface area contributed by atoms with Gasteiger partial charge in [0.1, 0.15) is 0 Å². The van der Waals surface area contributed by atoms with Crippen LogP contribution in [0.4, 0.5) is 5.69 Å². The summed E-state index contributed by atoms with van der Waals surface area (Å²) < 4.78 is 26.2. The Hall–Kier alpha value is -1.11. The molecule has 2 rings (SSSR count). The highest BCUT2D eigenvalue weighted by atomic mass is 32.2. The van der Waals surface area contributed by atoms with Crippen LogP contribution in [0.5, 0.6) is 0 Å². The molecule has 1 aliphatic rings. The number of nitrogen functional groups attached to an aromatic ring is 1. The molecular formula is C11H17N3O2S. The van der Waals surface area contributed by atoms with E-state index in [1.54, 1.807) is 28.6 Å². The Balaban J connectivity index is 2.31. The van der Waals surface area contributed by atoms with Gasteiger partial charge in [-0.1, -0.05) is 0 Å². The van der Waals surface area contributed by atoms with Crippen LogP contribution in [0.1, 0.15) is 19.8 Å². The summed E-state index contributed by atoms with van der Waals surface area (Å²) in [4.78, 5) is 0.324. The Morgan fingerprint density at radius 3 is 2.47 bits per heavy atom. The number of hydrogen-bond donors (Lipinski definition) is 2. The van der Waals surface area contributed by atoms with Crippen LogP contribution in [0, 0.1) is 0 Å². The number of hydrogen-bond acceptors (Lipinski definition) is 4. The summed E-state index contributed by atoms with van der Waals surface area (Å²) in [5.74, 6) is 5.24. The van der Waals surface area contributed by atoms with E-state index in [1.807, 2.05) is 6.92 Å². The molecule has 0 aromatic heterocycles. The third-order valence-corrected chi connectivity index (χ3v) is 5.15. The molecule has 1 atom stereocenters. The number of nitrogens with zero attached hydrogens (tertiary/aromatic N) is 1. The first kappa shape index (κ1) is 12.3. The van der Waals surface area contributed by atoms with Gasteiger partial charge in [0, 0.05) is 18.3 Å². The summed E-state index contributed by atoms with van der Waals surface area (Å²) in [5, 5.41) is 0. The molecule has 1 saturated heterocycles. The molecule has 17 heavy (non-hydrogen) atoms. The van der Waals surface area contributed by atoms with Crippen LogP contribution < -0.4 is 11.3 Å². The monoisotopic (exact) mass is 255 g/mol. The number of anilines is 1. The second kappa shape index (κ2) is 4.64. The van der Waals surface area contributed by atoms with Gasteiger partial charge < -0.3 is 5.43 Å². The highest BCUT2D eigenvalue weighted by Gasteiger charge is 2.32. The van der Waals surface area contributed by atoms with Crippen LogP contribution in [0.25, 0.3) is 0 Å². The first-order valence-electron chi connectivity index (χ1n) is 5.64. The molecule has 1 aliphatic heterocycles. The van der Waals surface area contributed by atoms with Crippen LogP contribution >= 0.6 is 0 Å². The Morgan fingerprint density at radius 1 is 1.35 bits per heavy atom. The predicted molar refractivity (Wildman–Crippen MR) is 66.8 cm³/mol. The van der Waals surface area contributed by atoms with Gasteiger partial charge in [-0.25, -0.2) is 8.42 Å². The van der Waals surface area contributed by atoms with Crippen LogP contribution in [-0.2, 0) is 10.0 Å². The van der Waals surface area contributed by atoms with Crippen LogP contribution in [0.15, 0.2) is 29.2 Å². The Labute approximate surface area is 102 Å². The lowest BCUT2D eigenvalue weighted by Crippen LogP contribution is -2.33. The van der Waals surface area contributed by atoms with Gasteiger partial charge >= 0.3 is 0 Å². The average molecular weight is 255 g/mol. The maximum absolute atomic E-state index is 12.3. The van der Waals surface area contributed by atoms with Crippen molar-refractivity contribution in [3.05, 3.63) is 24.3 Å². The molecule has 0 bridgehead atoms. The number of sulfonamides is 1. The van der Waals surface area contributed by atoms with E-state index in [9.17, 15) is 8.42 Å². The summed E-state index contributed by atoms with van der Waals surface area (Å²) in [6, 6.07) is 6.57. The molecule has 6 heteroatoms. The van der Waals surface area contributed by atoms with Gasteiger partial charge in [0.05, 0.1) is 4.90 Å². The predicted octanol–water partition coefficient (Wildman–Crippen LogP) is 1.15. The van der Waals surface area contributed by atoms with Crippen molar-refractivity contribution in [2.24, 2.45) is 5.84 Å². The molecule has 0 radical (unpaired) electrons. The SMILES string of the molecule is CC1CCCN1S(=O)(=O)c1ccc(NN)cc1. The molecule has 3 N–H and O–H groups in total. The second-order valence-electron chi connectivity index (χ2n) is 4.28. The third-order valence-electron chi connectivity index (χ3n) is 3.12. The molecule has 1 unspecified atom stereocenters. The zero-order valence-corrected chi connectivity index (χ0v) is 10.6. The Morgan fingerprint density at radius 2 is 2.00 bits per heavy atom. The molecule has 5 nitrogen and oxygen atoms in total. The summed E-state index contributed by atoms with van der Waals surface area (Å²) >= 11 is 0. The van der Waals surface area contributed by atoms with Crippen molar-refractivity contribution in [3.8, 4) is 0 Å². The van der Waals surface area contributed by atoms with E-state index < -0.39 is 10.0 Å². The fourth-order valence-corrected chi connectivity index (χ4v) is 3.82. The Kier molecular flexibility index (Phi) is 3.37. The first-order chi connectivity index (χ1) is 8.05. The zero-order chi connectivity index (χ0) is 12.5. The lowest BCUT2D eigenvalue weighted by molar-refractivity contribution is 0.408. The van der Waals surface area contributed by atoms with Gasteiger partial charge in [0.2, 0.25) is 10.0 Å². The van der Waals surface area contributed by atoms with E-state index in [4.69, 9.17) is 5.84 Å².